The van der Waals surface area contributed by atoms with Crippen LogP contribution in [0.3, 0.4) is 0 Å². The molecule has 0 aliphatic heterocycles. The lowest BCUT2D eigenvalue weighted by Crippen LogP contribution is -2.21. The lowest BCUT2D eigenvalue weighted by atomic mass is 10.1. The third kappa shape index (κ3) is 5.02. The molecule has 0 saturated heterocycles. The molecule has 6 nitrogen and oxygen atoms in total. The average Bonchev–Trinajstić information content (AvgIpc) is 3.22. The lowest BCUT2D eigenvalue weighted by molar-refractivity contribution is -0.116. The van der Waals surface area contributed by atoms with Crippen molar-refractivity contribution in [3.63, 3.8) is 0 Å². The van der Waals surface area contributed by atoms with Crippen LogP contribution in [-0.2, 0) is 15.9 Å². The van der Waals surface area contributed by atoms with Gasteiger partial charge in [0.2, 0.25) is 5.91 Å². The molecule has 7 heteroatoms. The van der Waals surface area contributed by atoms with Crippen LogP contribution < -0.4 is 5.32 Å². The minimum Gasteiger partial charge on any atom is -0.343 e. The molecule has 0 aliphatic carbocycles. The molecule has 1 heterocycles. The van der Waals surface area contributed by atoms with Gasteiger partial charge in [0.15, 0.2) is 5.66 Å². The Morgan fingerprint density at radius 2 is 1.58 bits per heavy atom. The number of benzene rings is 4. The molecule has 36 heavy (non-hydrogen) atoms. The van der Waals surface area contributed by atoms with E-state index in [-0.39, 0.29) is 0 Å². The Kier molecular flexibility index (Phi) is 6.57. The number of carbonyl (C=O) groups excluding carboxylic acids is 1. The van der Waals surface area contributed by atoms with Gasteiger partial charge < -0.3 is 19.7 Å². The van der Waals surface area contributed by atoms with Crippen LogP contribution in [-0.4, -0.2) is 20.3 Å². The molecule has 0 fully saturated rings. The number of fused-ring (bicyclic) bond motifs is 2. The maximum absolute atomic E-state index is 13.3. The van der Waals surface area contributed by atoms with Gasteiger partial charge in [-0.15, -0.1) is 0 Å². The van der Waals surface area contributed by atoms with E-state index in [0.717, 1.165) is 21.9 Å². The van der Waals surface area contributed by atoms with E-state index in [1.165, 1.54) is 0 Å². The summed E-state index contributed by atoms with van der Waals surface area (Å²) in [6.45, 7) is 0.482. The van der Waals surface area contributed by atoms with Crippen LogP contribution in [0, 0.1) is 0 Å². The van der Waals surface area contributed by atoms with Gasteiger partial charge in [0.05, 0.1) is 0 Å². The third-order valence-electron chi connectivity index (χ3n) is 6.13. The summed E-state index contributed by atoms with van der Waals surface area (Å²) >= 11 is 0. The first kappa shape index (κ1) is 23.8. The van der Waals surface area contributed by atoms with Gasteiger partial charge in [-0.3, -0.25) is 9.36 Å². The molecule has 0 spiro atoms. The molecule has 5 aromatic rings. The third-order valence-corrected chi connectivity index (χ3v) is 7.31. The second-order valence-corrected chi connectivity index (χ2v) is 10.3. The maximum Gasteiger partial charge on any atom is 0.342 e. The number of carbonyl (C=O) groups is 1. The first-order valence-corrected chi connectivity index (χ1v) is 13.2. The summed E-state index contributed by atoms with van der Waals surface area (Å²) in [5.74, 6) is -0.749. The normalized spacial score (nSPS) is 12.8. The molecule has 5 rings (SSSR count). The number of nitrogens with zero attached hydrogens (tertiary/aromatic N) is 1. The van der Waals surface area contributed by atoms with Gasteiger partial charge in [-0.05, 0) is 34.5 Å². The summed E-state index contributed by atoms with van der Waals surface area (Å²) in [5.41, 5.74) is 0.976. The zero-order valence-electron chi connectivity index (χ0n) is 19.4. The first-order valence-electron chi connectivity index (χ1n) is 11.5. The standard InChI is InChI=1S/C29H25N2O4P/c32-29(30-24-17-16-22-12-4-5-13-23(22)19-24)28(36(33,34)35)26-20-31(27-15-7-6-14-25(26)27)18-8-11-21-9-2-1-3-10-21/h1-17,19-20,28H,18H2,(H,30,32)(H2,33,34,35). The Morgan fingerprint density at radius 3 is 2.36 bits per heavy atom. The highest BCUT2D eigenvalue weighted by molar-refractivity contribution is 7.53. The van der Waals surface area contributed by atoms with Gasteiger partial charge in [0.25, 0.3) is 0 Å². The minimum atomic E-state index is -4.85. The molecule has 0 saturated carbocycles. The smallest absolute Gasteiger partial charge is 0.342 e. The maximum atomic E-state index is 13.3. The number of aromatic nitrogens is 1. The predicted octanol–water partition coefficient (Wildman–Crippen LogP) is 6.37. The summed E-state index contributed by atoms with van der Waals surface area (Å²) in [4.78, 5) is 33.9. The number of nitrogens with one attached hydrogen (secondary N) is 1. The fourth-order valence-corrected chi connectivity index (χ4v) is 5.40. The number of allylic oxidation sites excluding steroid dienone is 1. The fourth-order valence-electron chi connectivity index (χ4n) is 4.46. The van der Waals surface area contributed by atoms with Crippen molar-refractivity contribution in [3.8, 4) is 0 Å². The van der Waals surface area contributed by atoms with Crippen molar-refractivity contribution in [1.82, 2.24) is 4.57 Å². The van der Waals surface area contributed by atoms with Crippen molar-refractivity contribution < 1.29 is 19.1 Å². The number of hydrogen-bond acceptors (Lipinski definition) is 2. The van der Waals surface area contributed by atoms with Crippen molar-refractivity contribution in [3.05, 3.63) is 120 Å². The van der Waals surface area contributed by atoms with Crippen LogP contribution in [0.5, 0.6) is 0 Å². The molecule has 0 aliphatic rings. The largest absolute Gasteiger partial charge is 0.343 e. The highest BCUT2D eigenvalue weighted by atomic mass is 31.2. The van der Waals surface area contributed by atoms with Crippen LogP contribution in [0.15, 0.2) is 109 Å². The van der Waals surface area contributed by atoms with Gasteiger partial charge >= 0.3 is 7.60 Å². The van der Waals surface area contributed by atoms with Crippen LogP contribution in [0.1, 0.15) is 16.8 Å². The molecular formula is C29H25N2O4P. The van der Waals surface area contributed by atoms with Crippen molar-refractivity contribution >= 4 is 46.9 Å². The molecule has 0 bridgehead atoms. The Hall–Kier alpha value is -3.96. The molecule has 4 aromatic carbocycles. The zero-order chi connectivity index (χ0) is 25.1. The molecule has 1 atom stereocenters. The molecule has 0 radical (unpaired) electrons. The van der Waals surface area contributed by atoms with E-state index < -0.39 is 19.2 Å². The summed E-state index contributed by atoms with van der Waals surface area (Å²) in [6, 6.07) is 30.3. The zero-order valence-corrected chi connectivity index (χ0v) is 20.3. The molecule has 1 unspecified atom stereocenters. The fraction of sp³-hybridized carbons (Fsp3) is 0.0690. The van der Waals surface area contributed by atoms with Gasteiger partial charge in [-0.1, -0.05) is 91.0 Å². The van der Waals surface area contributed by atoms with E-state index in [1.54, 1.807) is 30.5 Å². The van der Waals surface area contributed by atoms with Crippen molar-refractivity contribution in [2.75, 3.05) is 5.32 Å². The Bertz CT molecular complexity index is 1620. The average molecular weight is 497 g/mol. The summed E-state index contributed by atoms with van der Waals surface area (Å²) < 4.78 is 14.5. The van der Waals surface area contributed by atoms with Crippen LogP contribution >= 0.6 is 7.60 Å². The lowest BCUT2D eigenvalue weighted by Gasteiger charge is -2.18. The summed E-state index contributed by atoms with van der Waals surface area (Å²) in [7, 11) is -4.85. The van der Waals surface area contributed by atoms with E-state index in [0.29, 0.717) is 23.2 Å². The van der Waals surface area contributed by atoms with E-state index in [2.05, 4.69) is 5.32 Å². The first-order chi connectivity index (χ1) is 17.4. The number of amides is 1. The van der Waals surface area contributed by atoms with E-state index in [9.17, 15) is 19.1 Å². The highest BCUT2D eigenvalue weighted by Gasteiger charge is 2.39. The van der Waals surface area contributed by atoms with Gasteiger partial charge in [0, 0.05) is 34.9 Å². The highest BCUT2D eigenvalue weighted by Crippen LogP contribution is 2.54. The number of anilines is 1. The summed E-state index contributed by atoms with van der Waals surface area (Å²) in [5, 5.41) is 5.28. The topological polar surface area (TPSA) is 91.6 Å². The minimum absolute atomic E-state index is 0.297. The van der Waals surface area contributed by atoms with Crippen molar-refractivity contribution in [2.45, 2.75) is 12.2 Å². The monoisotopic (exact) mass is 496 g/mol. The number of rotatable bonds is 7. The Labute approximate surface area is 208 Å². The molecular weight excluding hydrogens is 471 g/mol. The quantitative estimate of drug-likeness (QED) is 0.229. The second-order valence-electron chi connectivity index (χ2n) is 8.61. The van der Waals surface area contributed by atoms with Crippen molar-refractivity contribution in [2.24, 2.45) is 0 Å². The van der Waals surface area contributed by atoms with E-state index >= 15 is 0 Å². The molecule has 1 amide bonds. The molecule has 180 valence electrons. The Morgan fingerprint density at radius 1 is 0.889 bits per heavy atom. The SMILES string of the molecule is O=C(Nc1ccc2ccccc2c1)C(c1cn(CC=Cc2ccccc2)c2ccccc12)P(=O)(O)O. The van der Waals surface area contributed by atoms with Gasteiger partial charge in [0.1, 0.15) is 0 Å². The summed E-state index contributed by atoms with van der Waals surface area (Å²) in [6.07, 6.45) is 5.64. The van der Waals surface area contributed by atoms with Crippen LogP contribution in [0.25, 0.3) is 27.8 Å². The van der Waals surface area contributed by atoms with E-state index in [4.69, 9.17) is 0 Å². The second kappa shape index (κ2) is 9.96. The van der Waals surface area contributed by atoms with Crippen molar-refractivity contribution in [1.29, 1.82) is 0 Å². The number of para-hydroxylation sites is 1. The Balaban J connectivity index is 1.49. The molecule has 3 N–H and O–H groups in total. The van der Waals surface area contributed by atoms with Gasteiger partial charge in [-0.2, -0.15) is 0 Å². The van der Waals surface area contributed by atoms with Crippen LogP contribution in [0.2, 0.25) is 0 Å². The number of hydrogen-bond donors (Lipinski definition) is 3. The predicted molar refractivity (Wildman–Crippen MR) is 145 cm³/mol. The van der Waals surface area contributed by atoms with Gasteiger partial charge in [-0.25, -0.2) is 0 Å². The van der Waals surface area contributed by atoms with E-state index in [1.807, 2.05) is 89.5 Å². The molecule has 1 aromatic heterocycles. The van der Waals surface area contributed by atoms with Crippen LogP contribution in [0.4, 0.5) is 5.69 Å².